The van der Waals surface area contributed by atoms with Gasteiger partial charge in [-0.25, -0.2) is 14.7 Å². The van der Waals surface area contributed by atoms with Crippen LogP contribution in [0.3, 0.4) is 0 Å². The number of thioether (sulfide) groups is 1. The standard InChI is InChI=1S/C19H24N4O5S/c1-3-28-17(25)10-7-14-5-8-15(9-6-14)20-16(24)13-29-19-22-21-18(26)23(19)11-4-12-27-2/h5-10H,3-4,11-13H2,1-2H3,(H,20,24)(H,21,26)/b10-7+. The Morgan fingerprint density at radius 3 is 2.76 bits per heavy atom. The number of hydrogen-bond acceptors (Lipinski definition) is 7. The van der Waals surface area contributed by atoms with Crippen LogP contribution in [0.5, 0.6) is 0 Å². The highest BCUT2D eigenvalue weighted by Gasteiger charge is 2.11. The monoisotopic (exact) mass is 420 g/mol. The largest absolute Gasteiger partial charge is 0.463 e. The van der Waals surface area contributed by atoms with Crippen molar-refractivity contribution in [1.29, 1.82) is 0 Å². The number of carbonyl (C=O) groups excluding carboxylic acids is 2. The number of aromatic nitrogens is 3. The second-order valence-electron chi connectivity index (χ2n) is 5.85. The number of aromatic amines is 1. The van der Waals surface area contributed by atoms with Gasteiger partial charge in [0.2, 0.25) is 5.91 Å². The molecule has 0 aliphatic heterocycles. The first kappa shape index (κ1) is 22.4. The number of amides is 1. The van der Waals surface area contributed by atoms with Crippen molar-refractivity contribution in [2.24, 2.45) is 0 Å². The van der Waals surface area contributed by atoms with Crippen LogP contribution in [-0.2, 0) is 25.6 Å². The third-order valence-electron chi connectivity index (χ3n) is 3.68. The van der Waals surface area contributed by atoms with Crippen LogP contribution in [0.15, 0.2) is 40.3 Å². The lowest BCUT2D eigenvalue weighted by Gasteiger charge is -2.07. The number of H-pyrrole nitrogens is 1. The van der Waals surface area contributed by atoms with Crippen molar-refractivity contribution < 1.29 is 19.1 Å². The number of nitrogens with one attached hydrogen (secondary N) is 2. The molecular weight excluding hydrogens is 396 g/mol. The maximum atomic E-state index is 12.2. The molecule has 1 aromatic heterocycles. The van der Waals surface area contributed by atoms with Gasteiger partial charge in [-0.1, -0.05) is 23.9 Å². The number of esters is 1. The Labute approximate surface area is 172 Å². The van der Waals surface area contributed by atoms with E-state index in [1.165, 1.54) is 22.4 Å². The van der Waals surface area contributed by atoms with Crippen LogP contribution in [0.25, 0.3) is 6.08 Å². The molecule has 2 N–H and O–H groups in total. The predicted molar refractivity (Wildman–Crippen MR) is 111 cm³/mol. The number of nitrogens with zero attached hydrogens (tertiary/aromatic N) is 2. The predicted octanol–water partition coefficient (Wildman–Crippen LogP) is 1.91. The van der Waals surface area contributed by atoms with Gasteiger partial charge in [0, 0.05) is 32.0 Å². The zero-order valence-electron chi connectivity index (χ0n) is 16.3. The fourth-order valence-electron chi connectivity index (χ4n) is 2.34. The average molecular weight is 420 g/mol. The van der Waals surface area contributed by atoms with Crippen molar-refractivity contribution in [1.82, 2.24) is 14.8 Å². The molecule has 156 valence electrons. The minimum atomic E-state index is -0.402. The number of carbonyl (C=O) groups is 2. The van der Waals surface area contributed by atoms with Crippen molar-refractivity contribution in [3.05, 3.63) is 46.4 Å². The van der Waals surface area contributed by atoms with E-state index in [1.807, 2.05) is 0 Å². The third-order valence-corrected chi connectivity index (χ3v) is 4.66. The van der Waals surface area contributed by atoms with Crippen LogP contribution >= 0.6 is 11.8 Å². The zero-order chi connectivity index (χ0) is 21.1. The van der Waals surface area contributed by atoms with E-state index in [0.29, 0.717) is 37.0 Å². The summed E-state index contributed by atoms with van der Waals surface area (Å²) in [6, 6.07) is 7.03. The lowest BCUT2D eigenvalue weighted by Crippen LogP contribution is -2.19. The fraction of sp³-hybridized carbons (Fsp3) is 0.368. The van der Waals surface area contributed by atoms with Crippen molar-refractivity contribution in [2.45, 2.75) is 25.0 Å². The fourth-order valence-corrected chi connectivity index (χ4v) is 3.11. The Morgan fingerprint density at radius 2 is 2.07 bits per heavy atom. The van der Waals surface area contributed by atoms with E-state index in [2.05, 4.69) is 15.5 Å². The van der Waals surface area contributed by atoms with Crippen LogP contribution < -0.4 is 11.0 Å². The summed E-state index contributed by atoms with van der Waals surface area (Å²) in [7, 11) is 1.60. The first-order chi connectivity index (χ1) is 14.0. The molecule has 2 rings (SSSR count). The van der Waals surface area contributed by atoms with Crippen molar-refractivity contribution in [2.75, 3.05) is 31.4 Å². The summed E-state index contributed by atoms with van der Waals surface area (Å²) in [6.07, 6.45) is 3.66. The van der Waals surface area contributed by atoms with E-state index >= 15 is 0 Å². The number of methoxy groups -OCH3 is 1. The zero-order valence-corrected chi connectivity index (χ0v) is 17.2. The van der Waals surface area contributed by atoms with E-state index in [9.17, 15) is 14.4 Å². The van der Waals surface area contributed by atoms with Gasteiger partial charge in [0.15, 0.2) is 5.16 Å². The van der Waals surface area contributed by atoms with Crippen LogP contribution in [0.2, 0.25) is 0 Å². The first-order valence-electron chi connectivity index (χ1n) is 9.05. The topological polar surface area (TPSA) is 115 Å². The van der Waals surface area contributed by atoms with E-state index in [4.69, 9.17) is 9.47 Å². The molecule has 29 heavy (non-hydrogen) atoms. The molecule has 0 aliphatic carbocycles. The Hall–Kier alpha value is -2.85. The molecule has 1 aromatic carbocycles. The molecule has 0 aliphatic rings. The molecular formula is C19H24N4O5S. The summed E-state index contributed by atoms with van der Waals surface area (Å²) in [4.78, 5) is 35.3. The van der Waals surface area contributed by atoms with E-state index < -0.39 is 5.97 Å². The molecule has 0 fully saturated rings. The van der Waals surface area contributed by atoms with Gasteiger partial charge in [0.05, 0.1) is 12.4 Å². The summed E-state index contributed by atoms with van der Waals surface area (Å²) in [6.45, 7) is 3.07. The summed E-state index contributed by atoms with van der Waals surface area (Å²) >= 11 is 1.18. The van der Waals surface area contributed by atoms with Gasteiger partial charge in [-0.2, -0.15) is 0 Å². The Morgan fingerprint density at radius 1 is 1.31 bits per heavy atom. The number of rotatable bonds is 11. The molecule has 1 heterocycles. The molecule has 0 saturated carbocycles. The number of anilines is 1. The minimum absolute atomic E-state index is 0.110. The van der Waals surface area contributed by atoms with Gasteiger partial charge >= 0.3 is 11.7 Å². The van der Waals surface area contributed by atoms with Gasteiger partial charge in [-0.3, -0.25) is 9.36 Å². The second-order valence-corrected chi connectivity index (χ2v) is 6.80. The highest BCUT2D eigenvalue weighted by atomic mass is 32.2. The molecule has 0 bridgehead atoms. The lowest BCUT2D eigenvalue weighted by atomic mass is 10.2. The molecule has 0 unspecified atom stereocenters. The Balaban J connectivity index is 1.85. The van der Waals surface area contributed by atoms with Crippen LogP contribution in [0.4, 0.5) is 5.69 Å². The highest BCUT2D eigenvalue weighted by molar-refractivity contribution is 7.99. The van der Waals surface area contributed by atoms with E-state index in [0.717, 1.165) is 5.56 Å². The van der Waals surface area contributed by atoms with Crippen molar-refractivity contribution in [3.63, 3.8) is 0 Å². The molecule has 0 atom stereocenters. The maximum absolute atomic E-state index is 12.2. The smallest absolute Gasteiger partial charge is 0.343 e. The molecule has 2 aromatic rings. The summed E-state index contributed by atoms with van der Waals surface area (Å²) in [5.41, 5.74) is 1.13. The number of hydrogen-bond donors (Lipinski definition) is 2. The molecule has 0 saturated heterocycles. The lowest BCUT2D eigenvalue weighted by molar-refractivity contribution is -0.137. The first-order valence-corrected chi connectivity index (χ1v) is 10.0. The SMILES string of the molecule is CCOC(=O)/C=C/c1ccc(NC(=O)CSc2n[nH]c(=O)n2CCCOC)cc1. The van der Waals surface area contributed by atoms with Crippen LogP contribution in [0, 0.1) is 0 Å². The highest BCUT2D eigenvalue weighted by Crippen LogP contribution is 2.15. The minimum Gasteiger partial charge on any atom is -0.463 e. The van der Waals surface area contributed by atoms with E-state index in [-0.39, 0.29) is 17.3 Å². The molecule has 9 nitrogen and oxygen atoms in total. The summed E-state index contributed by atoms with van der Waals surface area (Å²) in [5.74, 6) is -0.510. The maximum Gasteiger partial charge on any atom is 0.343 e. The Bertz CT molecular complexity index is 889. The molecule has 0 spiro atoms. The van der Waals surface area contributed by atoms with Crippen molar-refractivity contribution in [3.8, 4) is 0 Å². The van der Waals surface area contributed by atoms with Gasteiger partial charge < -0.3 is 14.8 Å². The van der Waals surface area contributed by atoms with Crippen LogP contribution in [0.1, 0.15) is 18.9 Å². The summed E-state index contributed by atoms with van der Waals surface area (Å²) < 4.78 is 11.3. The van der Waals surface area contributed by atoms with Crippen molar-refractivity contribution >= 4 is 35.4 Å². The van der Waals surface area contributed by atoms with E-state index in [1.54, 1.807) is 44.4 Å². The summed E-state index contributed by atoms with van der Waals surface area (Å²) in [5, 5.41) is 9.59. The molecule has 10 heteroatoms. The normalized spacial score (nSPS) is 11.0. The molecule has 0 radical (unpaired) electrons. The number of ether oxygens (including phenoxy) is 2. The third kappa shape index (κ3) is 7.59. The van der Waals surface area contributed by atoms with Gasteiger partial charge in [-0.15, -0.1) is 5.10 Å². The van der Waals surface area contributed by atoms with Gasteiger partial charge in [0.1, 0.15) is 0 Å². The van der Waals surface area contributed by atoms with Crippen LogP contribution in [-0.4, -0.2) is 52.7 Å². The second kappa shape index (κ2) is 11.9. The average Bonchev–Trinajstić information content (AvgIpc) is 3.06. The Kier molecular flexibility index (Phi) is 9.19. The van der Waals surface area contributed by atoms with Gasteiger partial charge in [0.25, 0.3) is 0 Å². The number of benzene rings is 1. The molecule has 1 amide bonds. The van der Waals surface area contributed by atoms with Gasteiger partial charge in [-0.05, 0) is 37.1 Å². The quantitative estimate of drug-likeness (QED) is 0.247.